The Morgan fingerprint density at radius 2 is 1.88 bits per heavy atom. The molecule has 0 saturated carbocycles. The summed E-state index contributed by atoms with van der Waals surface area (Å²) >= 11 is 0. The molecule has 0 heterocycles. The van der Waals surface area contributed by atoms with E-state index in [2.05, 4.69) is 6.92 Å². The highest BCUT2D eigenvalue weighted by Crippen LogP contribution is 2.19. The number of hydrogen-bond acceptors (Lipinski definition) is 3. The molecule has 0 fully saturated rings. The van der Waals surface area contributed by atoms with Crippen LogP contribution < -0.4 is 10.5 Å². The number of rotatable bonds is 5. The molecule has 0 aliphatic carbocycles. The van der Waals surface area contributed by atoms with Crippen LogP contribution in [0.2, 0.25) is 0 Å². The highest BCUT2D eigenvalue weighted by atomic mass is 16.5. The second-order valence-electron chi connectivity index (χ2n) is 4.68. The maximum absolute atomic E-state index is 9.51. The second-order valence-corrected chi connectivity index (χ2v) is 4.68. The second kappa shape index (κ2) is 5.32. The lowest BCUT2D eigenvalue weighted by Gasteiger charge is -2.18. The minimum absolute atomic E-state index is 0.0864. The van der Waals surface area contributed by atoms with Crippen LogP contribution in [0.5, 0.6) is 5.75 Å². The van der Waals surface area contributed by atoms with Gasteiger partial charge in [0.2, 0.25) is 0 Å². The Labute approximate surface area is 97.2 Å². The molecule has 0 aliphatic rings. The van der Waals surface area contributed by atoms with Gasteiger partial charge in [0, 0.05) is 6.04 Å². The Morgan fingerprint density at radius 1 is 1.31 bits per heavy atom. The number of nitrogens with two attached hydrogens (primary N) is 1. The largest absolute Gasteiger partial charge is 0.491 e. The van der Waals surface area contributed by atoms with Crippen molar-refractivity contribution in [3.63, 3.8) is 0 Å². The van der Waals surface area contributed by atoms with E-state index >= 15 is 0 Å². The van der Waals surface area contributed by atoms with Crippen LogP contribution in [0.25, 0.3) is 0 Å². The molecule has 16 heavy (non-hydrogen) atoms. The fourth-order valence-corrected chi connectivity index (χ4v) is 1.31. The fourth-order valence-electron chi connectivity index (χ4n) is 1.31. The number of benzene rings is 1. The maximum atomic E-state index is 9.51. The molecule has 0 aromatic heterocycles. The minimum atomic E-state index is -0.807. The summed E-state index contributed by atoms with van der Waals surface area (Å²) in [6.07, 6.45) is 0.921. The van der Waals surface area contributed by atoms with Crippen LogP contribution in [-0.4, -0.2) is 17.3 Å². The fraction of sp³-hybridized carbons (Fsp3) is 0.538. The molecule has 0 aliphatic heterocycles. The van der Waals surface area contributed by atoms with E-state index in [0.717, 1.165) is 17.7 Å². The van der Waals surface area contributed by atoms with E-state index < -0.39 is 5.60 Å². The van der Waals surface area contributed by atoms with E-state index in [0.29, 0.717) is 0 Å². The Morgan fingerprint density at radius 3 is 2.31 bits per heavy atom. The van der Waals surface area contributed by atoms with Crippen LogP contribution in [-0.2, 0) is 0 Å². The van der Waals surface area contributed by atoms with E-state index in [1.165, 1.54) is 0 Å². The summed E-state index contributed by atoms with van der Waals surface area (Å²) in [4.78, 5) is 0. The van der Waals surface area contributed by atoms with Gasteiger partial charge in [-0.15, -0.1) is 0 Å². The van der Waals surface area contributed by atoms with Gasteiger partial charge in [-0.3, -0.25) is 0 Å². The van der Waals surface area contributed by atoms with Gasteiger partial charge in [0.05, 0.1) is 5.60 Å². The van der Waals surface area contributed by atoms with Crippen LogP contribution in [0.3, 0.4) is 0 Å². The third kappa shape index (κ3) is 4.21. The summed E-state index contributed by atoms with van der Waals surface area (Å²) in [6, 6.07) is 7.79. The van der Waals surface area contributed by atoms with Gasteiger partial charge in [0.25, 0.3) is 0 Å². The summed E-state index contributed by atoms with van der Waals surface area (Å²) in [6.45, 7) is 5.78. The van der Waals surface area contributed by atoms with Crippen molar-refractivity contribution in [1.29, 1.82) is 0 Å². The van der Waals surface area contributed by atoms with Crippen molar-refractivity contribution in [2.75, 3.05) is 6.61 Å². The first-order valence-electron chi connectivity index (χ1n) is 5.63. The van der Waals surface area contributed by atoms with Crippen LogP contribution in [0, 0.1) is 0 Å². The molecule has 90 valence electrons. The summed E-state index contributed by atoms with van der Waals surface area (Å²) < 4.78 is 5.45. The highest BCUT2D eigenvalue weighted by Gasteiger charge is 2.13. The predicted octanol–water partition coefficient (Wildman–Crippen LogP) is 2.25. The van der Waals surface area contributed by atoms with Crippen molar-refractivity contribution >= 4 is 0 Å². The first kappa shape index (κ1) is 13.0. The molecule has 1 rings (SSSR count). The minimum Gasteiger partial charge on any atom is -0.491 e. The topological polar surface area (TPSA) is 55.5 Å². The lowest BCUT2D eigenvalue weighted by molar-refractivity contribution is 0.0285. The molecule has 1 aromatic carbocycles. The molecule has 1 atom stereocenters. The smallest absolute Gasteiger partial charge is 0.119 e. The standard InChI is InChI=1S/C13H21NO2/c1-4-12(14)10-5-7-11(8-6-10)16-9-13(2,3)15/h5-8,12,15H,4,9,14H2,1-3H3/t12-/m1/s1. The average molecular weight is 223 g/mol. The van der Waals surface area contributed by atoms with Gasteiger partial charge < -0.3 is 15.6 Å². The first-order chi connectivity index (χ1) is 7.42. The number of hydrogen-bond donors (Lipinski definition) is 2. The Kier molecular flexibility index (Phi) is 4.33. The molecule has 0 spiro atoms. The van der Waals surface area contributed by atoms with Gasteiger partial charge in [-0.25, -0.2) is 0 Å². The third-order valence-corrected chi connectivity index (χ3v) is 2.34. The normalized spacial score (nSPS) is 13.6. The van der Waals surface area contributed by atoms with Crippen LogP contribution in [0.15, 0.2) is 24.3 Å². The Balaban J connectivity index is 2.58. The van der Waals surface area contributed by atoms with Crippen molar-refractivity contribution in [2.24, 2.45) is 5.73 Å². The van der Waals surface area contributed by atoms with Crippen molar-refractivity contribution in [3.05, 3.63) is 29.8 Å². The average Bonchev–Trinajstić information content (AvgIpc) is 2.25. The van der Waals surface area contributed by atoms with Crippen LogP contribution in [0.4, 0.5) is 0 Å². The lowest BCUT2D eigenvalue weighted by Crippen LogP contribution is -2.27. The quantitative estimate of drug-likeness (QED) is 0.805. The zero-order chi connectivity index (χ0) is 12.2. The molecule has 3 N–H and O–H groups in total. The molecular weight excluding hydrogens is 202 g/mol. The van der Waals surface area contributed by atoms with E-state index in [4.69, 9.17) is 10.5 Å². The third-order valence-electron chi connectivity index (χ3n) is 2.34. The number of aliphatic hydroxyl groups is 1. The van der Waals surface area contributed by atoms with Crippen LogP contribution >= 0.6 is 0 Å². The van der Waals surface area contributed by atoms with E-state index in [1.54, 1.807) is 13.8 Å². The molecule has 1 aromatic rings. The van der Waals surface area contributed by atoms with Crippen molar-refractivity contribution in [3.8, 4) is 5.75 Å². The lowest BCUT2D eigenvalue weighted by atomic mass is 10.1. The van der Waals surface area contributed by atoms with Gasteiger partial charge >= 0.3 is 0 Å². The zero-order valence-corrected chi connectivity index (χ0v) is 10.2. The molecule has 3 heteroatoms. The van der Waals surface area contributed by atoms with E-state index in [-0.39, 0.29) is 12.6 Å². The number of ether oxygens (including phenoxy) is 1. The monoisotopic (exact) mass is 223 g/mol. The summed E-state index contributed by atoms with van der Waals surface area (Å²) in [7, 11) is 0. The summed E-state index contributed by atoms with van der Waals surface area (Å²) in [5.74, 6) is 0.758. The van der Waals surface area contributed by atoms with Gasteiger partial charge in [-0.2, -0.15) is 0 Å². The molecule has 0 saturated heterocycles. The Hall–Kier alpha value is -1.06. The molecule has 0 radical (unpaired) electrons. The molecular formula is C13H21NO2. The van der Waals surface area contributed by atoms with Gasteiger partial charge in [0.1, 0.15) is 12.4 Å². The predicted molar refractivity (Wildman–Crippen MR) is 65.5 cm³/mol. The maximum Gasteiger partial charge on any atom is 0.119 e. The van der Waals surface area contributed by atoms with Gasteiger partial charge in [0.15, 0.2) is 0 Å². The Bertz CT molecular complexity index is 314. The zero-order valence-electron chi connectivity index (χ0n) is 10.2. The molecule has 0 amide bonds. The van der Waals surface area contributed by atoms with Crippen molar-refractivity contribution in [1.82, 2.24) is 0 Å². The summed E-state index contributed by atoms with van der Waals surface area (Å²) in [5.41, 5.74) is 6.21. The first-order valence-corrected chi connectivity index (χ1v) is 5.63. The molecule has 0 unspecified atom stereocenters. The van der Waals surface area contributed by atoms with E-state index in [1.807, 2.05) is 24.3 Å². The molecule has 0 bridgehead atoms. The van der Waals surface area contributed by atoms with Crippen LogP contribution in [0.1, 0.15) is 38.8 Å². The van der Waals surface area contributed by atoms with Gasteiger partial charge in [-0.05, 0) is 38.0 Å². The van der Waals surface area contributed by atoms with Crippen molar-refractivity contribution in [2.45, 2.75) is 38.8 Å². The van der Waals surface area contributed by atoms with Gasteiger partial charge in [-0.1, -0.05) is 19.1 Å². The molecule has 3 nitrogen and oxygen atoms in total. The summed E-state index contributed by atoms with van der Waals surface area (Å²) in [5, 5.41) is 9.51. The SMILES string of the molecule is CC[C@@H](N)c1ccc(OCC(C)(C)O)cc1. The highest BCUT2D eigenvalue weighted by molar-refractivity contribution is 5.29. The van der Waals surface area contributed by atoms with E-state index in [9.17, 15) is 5.11 Å². The van der Waals surface area contributed by atoms with Crippen molar-refractivity contribution < 1.29 is 9.84 Å².